The molecule has 1 atom stereocenters. The van der Waals surface area contributed by atoms with Crippen LogP contribution in [0.5, 0.6) is 0 Å². The highest BCUT2D eigenvalue weighted by Gasteiger charge is 2.32. The van der Waals surface area contributed by atoms with Gasteiger partial charge in [0.15, 0.2) is 5.13 Å². The molecule has 1 saturated heterocycles. The van der Waals surface area contributed by atoms with E-state index in [0.717, 1.165) is 61.0 Å². The number of hydrogen-bond donors (Lipinski definition) is 1. The normalized spacial score (nSPS) is 18.4. The zero-order chi connectivity index (χ0) is 20.5. The van der Waals surface area contributed by atoms with Gasteiger partial charge in [-0.3, -0.25) is 4.79 Å². The lowest BCUT2D eigenvalue weighted by Crippen LogP contribution is -2.31. The van der Waals surface area contributed by atoms with Crippen molar-refractivity contribution in [1.29, 1.82) is 0 Å². The summed E-state index contributed by atoms with van der Waals surface area (Å²) in [4.78, 5) is 26.7. The number of nitrogens with zero attached hydrogens (tertiary/aromatic N) is 4. The van der Waals surface area contributed by atoms with E-state index in [0.29, 0.717) is 0 Å². The molecule has 1 fully saturated rings. The predicted molar refractivity (Wildman–Crippen MR) is 121 cm³/mol. The molecule has 0 spiro atoms. The van der Waals surface area contributed by atoms with E-state index in [1.165, 1.54) is 22.6 Å². The fourth-order valence-corrected chi connectivity index (χ4v) is 5.04. The van der Waals surface area contributed by atoms with Crippen molar-refractivity contribution >= 4 is 33.9 Å². The zero-order valence-corrected chi connectivity index (χ0v) is 17.9. The number of hydrogen-bond acceptors (Lipinski definition) is 6. The lowest BCUT2D eigenvalue weighted by atomic mass is 9.99. The lowest BCUT2D eigenvalue weighted by molar-refractivity contribution is 0.0733. The average Bonchev–Trinajstić information content (AvgIpc) is 3.45. The summed E-state index contributed by atoms with van der Waals surface area (Å²) in [6, 6.07) is 12.1. The molecule has 5 rings (SSSR count). The molecule has 0 aliphatic carbocycles. The molecule has 6 nitrogen and oxygen atoms in total. The van der Waals surface area contributed by atoms with Crippen molar-refractivity contribution < 1.29 is 4.79 Å². The first kappa shape index (κ1) is 19.1. The summed E-state index contributed by atoms with van der Waals surface area (Å²) in [5.41, 5.74) is 4.24. The Morgan fingerprint density at radius 3 is 3.00 bits per heavy atom. The molecule has 0 bridgehead atoms. The SMILES string of the molecule is CN1CCCc2cc(C(=O)N3CCC[C@H]3c3cccc(Nc4nccs4)n3)ccc21. The van der Waals surface area contributed by atoms with Gasteiger partial charge in [-0.15, -0.1) is 11.3 Å². The van der Waals surface area contributed by atoms with Crippen LogP contribution in [0, 0.1) is 0 Å². The standard InChI is InChI=1S/C23H25N5OS/c1-27-12-3-5-16-15-17(9-10-19(16)27)22(29)28-13-4-7-20(28)18-6-2-8-21(25-18)26-23-24-11-14-30-23/h2,6,8-11,14-15,20H,3-5,7,12-13H2,1H3,(H,24,25,26)/t20-/m0/s1. The molecule has 2 aliphatic heterocycles. The minimum atomic E-state index is 0.00857. The summed E-state index contributed by atoms with van der Waals surface area (Å²) in [5, 5.41) is 6.00. The second-order valence-corrected chi connectivity index (χ2v) is 8.83. The monoisotopic (exact) mass is 419 g/mol. The molecule has 2 aliphatic rings. The first-order chi connectivity index (χ1) is 14.7. The van der Waals surface area contributed by atoms with E-state index >= 15 is 0 Å². The number of carbonyl (C=O) groups is 1. The number of aryl methyl sites for hydroxylation is 1. The van der Waals surface area contributed by atoms with Crippen molar-refractivity contribution in [3.8, 4) is 0 Å². The molecule has 1 amide bonds. The van der Waals surface area contributed by atoms with Crippen molar-refractivity contribution in [2.45, 2.75) is 31.7 Å². The maximum atomic E-state index is 13.4. The van der Waals surface area contributed by atoms with Gasteiger partial charge in [0.05, 0.1) is 11.7 Å². The maximum Gasteiger partial charge on any atom is 0.254 e. The third-order valence-corrected chi connectivity index (χ3v) is 6.66. The molecular formula is C23H25N5OS. The number of aromatic nitrogens is 2. The lowest BCUT2D eigenvalue weighted by Gasteiger charge is -2.29. The maximum absolute atomic E-state index is 13.4. The summed E-state index contributed by atoms with van der Waals surface area (Å²) in [5.74, 6) is 0.868. The highest BCUT2D eigenvalue weighted by atomic mass is 32.1. The highest BCUT2D eigenvalue weighted by molar-refractivity contribution is 7.13. The number of carbonyl (C=O) groups excluding carboxylic acids is 1. The van der Waals surface area contributed by atoms with E-state index in [1.54, 1.807) is 6.20 Å². The van der Waals surface area contributed by atoms with Gasteiger partial charge in [-0.1, -0.05) is 6.07 Å². The smallest absolute Gasteiger partial charge is 0.254 e. The number of anilines is 3. The van der Waals surface area contributed by atoms with E-state index in [-0.39, 0.29) is 11.9 Å². The number of amides is 1. The van der Waals surface area contributed by atoms with Gasteiger partial charge in [0.2, 0.25) is 0 Å². The van der Waals surface area contributed by atoms with E-state index in [4.69, 9.17) is 4.98 Å². The fourth-order valence-electron chi connectivity index (χ4n) is 4.50. The molecule has 30 heavy (non-hydrogen) atoms. The van der Waals surface area contributed by atoms with Crippen LogP contribution in [-0.4, -0.2) is 40.9 Å². The first-order valence-corrected chi connectivity index (χ1v) is 11.4. The minimum absolute atomic E-state index is 0.00857. The highest BCUT2D eigenvalue weighted by Crippen LogP contribution is 2.34. The second kappa shape index (κ2) is 8.07. The summed E-state index contributed by atoms with van der Waals surface area (Å²) in [6.45, 7) is 1.85. The average molecular weight is 420 g/mol. The van der Waals surface area contributed by atoms with Gasteiger partial charge in [-0.25, -0.2) is 9.97 Å². The Labute approximate surface area is 180 Å². The number of rotatable bonds is 4. The Bertz CT molecular complexity index is 1050. The van der Waals surface area contributed by atoms with Gasteiger partial charge in [0.25, 0.3) is 5.91 Å². The van der Waals surface area contributed by atoms with Crippen LogP contribution in [-0.2, 0) is 6.42 Å². The molecule has 154 valence electrons. The van der Waals surface area contributed by atoms with Crippen LogP contribution in [0.1, 0.15) is 46.9 Å². The van der Waals surface area contributed by atoms with Gasteiger partial charge in [0, 0.05) is 43.0 Å². The largest absolute Gasteiger partial charge is 0.374 e. The Kier molecular flexibility index (Phi) is 5.12. The zero-order valence-electron chi connectivity index (χ0n) is 17.0. The molecule has 1 aromatic carbocycles. The molecule has 4 heterocycles. The molecule has 0 saturated carbocycles. The van der Waals surface area contributed by atoms with Crippen molar-refractivity contribution in [3.63, 3.8) is 0 Å². The third-order valence-electron chi connectivity index (χ3n) is 5.97. The van der Waals surface area contributed by atoms with Gasteiger partial charge >= 0.3 is 0 Å². The van der Waals surface area contributed by atoms with Crippen LogP contribution in [0.25, 0.3) is 0 Å². The van der Waals surface area contributed by atoms with Crippen LogP contribution in [0.15, 0.2) is 48.0 Å². The summed E-state index contributed by atoms with van der Waals surface area (Å²) in [6.07, 6.45) is 5.88. The summed E-state index contributed by atoms with van der Waals surface area (Å²) in [7, 11) is 2.12. The van der Waals surface area contributed by atoms with Crippen molar-refractivity contribution in [2.75, 3.05) is 30.4 Å². The quantitative estimate of drug-likeness (QED) is 0.667. The minimum Gasteiger partial charge on any atom is -0.374 e. The summed E-state index contributed by atoms with van der Waals surface area (Å²) >= 11 is 1.54. The predicted octanol–water partition coefficient (Wildman–Crippen LogP) is 4.64. The topological polar surface area (TPSA) is 61.4 Å². The van der Waals surface area contributed by atoms with Crippen LogP contribution in [0.4, 0.5) is 16.6 Å². The molecule has 2 aromatic heterocycles. The number of fused-ring (bicyclic) bond motifs is 1. The Morgan fingerprint density at radius 2 is 2.13 bits per heavy atom. The Hall–Kier alpha value is -2.93. The van der Waals surface area contributed by atoms with E-state index in [2.05, 4.69) is 34.4 Å². The Morgan fingerprint density at radius 1 is 1.20 bits per heavy atom. The second-order valence-electron chi connectivity index (χ2n) is 7.94. The van der Waals surface area contributed by atoms with Crippen molar-refractivity contribution in [1.82, 2.24) is 14.9 Å². The number of benzene rings is 1. The molecule has 1 N–H and O–H groups in total. The van der Waals surface area contributed by atoms with Gasteiger partial charge < -0.3 is 15.1 Å². The van der Waals surface area contributed by atoms with Crippen molar-refractivity contribution in [2.24, 2.45) is 0 Å². The molecule has 0 radical (unpaired) electrons. The molecule has 7 heteroatoms. The van der Waals surface area contributed by atoms with Crippen LogP contribution in [0.2, 0.25) is 0 Å². The van der Waals surface area contributed by atoms with E-state index in [1.807, 2.05) is 34.5 Å². The number of thiazole rings is 1. The van der Waals surface area contributed by atoms with E-state index < -0.39 is 0 Å². The van der Waals surface area contributed by atoms with Crippen LogP contribution in [0.3, 0.4) is 0 Å². The van der Waals surface area contributed by atoms with Crippen LogP contribution < -0.4 is 10.2 Å². The molecule has 0 unspecified atom stereocenters. The van der Waals surface area contributed by atoms with Crippen LogP contribution >= 0.6 is 11.3 Å². The number of nitrogens with one attached hydrogen (secondary N) is 1. The number of pyridine rings is 1. The molecule has 3 aromatic rings. The van der Waals surface area contributed by atoms with Gasteiger partial charge in [-0.05, 0) is 61.6 Å². The third kappa shape index (κ3) is 3.65. The van der Waals surface area contributed by atoms with Gasteiger partial charge in [0.1, 0.15) is 5.82 Å². The van der Waals surface area contributed by atoms with Crippen molar-refractivity contribution in [3.05, 3.63) is 64.8 Å². The Balaban J connectivity index is 1.38. The molecular weight excluding hydrogens is 394 g/mol. The van der Waals surface area contributed by atoms with Gasteiger partial charge in [-0.2, -0.15) is 0 Å². The fraction of sp³-hybridized carbons (Fsp3) is 0.348. The van der Waals surface area contributed by atoms with E-state index in [9.17, 15) is 4.79 Å². The first-order valence-electron chi connectivity index (χ1n) is 10.5. The summed E-state index contributed by atoms with van der Waals surface area (Å²) < 4.78 is 0. The number of likely N-dealkylation sites (tertiary alicyclic amines) is 1.